The van der Waals surface area contributed by atoms with E-state index in [1.165, 1.54) is 30.5 Å². The summed E-state index contributed by atoms with van der Waals surface area (Å²) in [4.78, 5) is 14.9. The van der Waals surface area contributed by atoms with Crippen LogP contribution in [0.3, 0.4) is 0 Å². The molecule has 2 aromatic carbocycles. The van der Waals surface area contributed by atoms with Crippen LogP contribution in [0.1, 0.15) is 62.9 Å². The molecule has 3 rings (SSSR count). The van der Waals surface area contributed by atoms with E-state index >= 15 is 0 Å². The van der Waals surface area contributed by atoms with Crippen molar-refractivity contribution in [3.05, 3.63) is 59.7 Å². The van der Waals surface area contributed by atoms with E-state index in [2.05, 4.69) is 55.4 Å². The maximum Gasteiger partial charge on any atom is 0.257 e. The number of nitrogens with one attached hydrogen (secondary N) is 2. The molecule has 29 heavy (non-hydrogen) atoms. The number of hydrogen-bond acceptors (Lipinski definition) is 3. The Morgan fingerprint density at radius 3 is 2.28 bits per heavy atom. The first-order chi connectivity index (χ1) is 13.7. The highest BCUT2D eigenvalue weighted by Crippen LogP contribution is 2.26. The highest BCUT2D eigenvalue weighted by molar-refractivity contribution is 7.80. The van der Waals surface area contributed by atoms with Crippen LogP contribution in [0, 0.1) is 0 Å². The van der Waals surface area contributed by atoms with Gasteiger partial charge in [0.25, 0.3) is 5.91 Å². The predicted octanol–water partition coefficient (Wildman–Crippen LogP) is 5.49. The molecule has 0 radical (unpaired) electrons. The SMILES string of the molecule is C[C@@H]1CCCCN1c1ccc(NC(=S)NC(=O)c2ccc(C(C)(C)C)cc2)cc1. The maximum atomic E-state index is 12.5. The fourth-order valence-electron chi connectivity index (χ4n) is 3.68. The van der Waals surface area contributed by atoms with Gasteiger partial charge in [0, 0.05) is 29.5 Å². The van der Waals surface area contributed by atoms with Crippen LogP contribution in [-0.4, -0.2) is 23.6 Å². The number of carbonyl (C=O) groups is 1. The van der Waals surface area contributed by atoms with E-state index < -0.39 is 0 Å². The molecule has 0 spiro atoms. The summed E-state index contributed by atoms with van der Waals surface area (Å²) in [5.74, 6) is -0.207. The van der Waals surface area contributed by atoms with E-state index in [0.29, 0.717) is 16.7 Å². The number of nitrogens with zero attached hydrogens (tertiary/aromatic N) is 1. The number of rotatable bonds is 3. The van der Waals surface area contributed by atoms with Crippen molar-refractivity contribution in [3.8, 4) is 0 Å². The molecule has 0 aliphatic carbocycles. The van der Waals surface area contributed by atoms with E-state index in [1.54, 1.807) is 0 Å². The minimum atomic E-state index is -0.207. The summed E-state index contributed by atoms with van der Waals surface area (Å²) in [6, 6.07) is 16.5. The van der Waals surface area contributed by atoms with Gasteiger partial charge in [0.2, 0.25) is 0 Å². The molecule has 1 saturated heterocycles. The minimum Gasteiger partial charge on any atom is -0.369 e. The average molecular weight is 410 g/mol. The number of benzene rings is 2. The lowest BCUT2D eigenvalue weighted by Crippen LogP contribution is -2.37. The third kappa shape index (κ3) is 5.57. The first-order valence-electron chi connectivity index (χ1n) is 10.3. The molecule has 0 bridgehead atoms. The van der Waals surface area contributed by atoms with Crippen molar-refractivity contribution >= 4 is 34.6 Å². The van der Waals surface area contributed by atoms with E-state index in [0.717, 1.165) is 12.2 Å². The smallest absolute Gasteiger partial charge is 0.257 e. The summed E-state index contributed by atoms with van der Waals surface area (Å²) in [6.07, 6.45) is 3.80. The second-order valence-corrected chi connectivity index (χ2v) is 9.23. The normalized spacial score (nSPS) is 17.0. The lowest BCUT2D eigenvalue weighted by atomic mass is 9.87. The molecule has 2 aromatic rings. The number of carbonyl (C=O) groups excluding carboxylic acids is 1. The molecule has 4 nitrogen and oxygen atoms in total. The number of hydrogen-bond donors (Lipinski definition) is 2. The molecular weight excluding hydrogens is 378 g/mol. The Morgan fingerprint density at radius 1 is 1.03 bits per heavy atom. The lowest BCUT2D eigenvalue weighted by Gasteiger charge is -2.35. The summed E-state index contributed by atoms with van der Waals surface area (Å²) in [5.41, 5.74) is 3.95. The summed E-state index contributed by atoms with van der Waals surface area (Å²) in [5, 5.41) is 6.16. The summed E-state index contributed by atoms with van der Waals surface area (Å²) < 4.78 is 0. The standard InChI is InChI=1S/C24H31N3OS/c1-17-7-5-6-16-27(17)21-14-12-20(13-15-21)25-23(29)26-22(28)18-8-10-19(11-9-18)24(2,3)4/h8-15,17H,5-7,16H2,1-4H3,(H2,25,26,28,29)/t17-/m1/s1. The van der Waals surface area contributed by atoms with Crippen LogP contribution < -0.4 is 15.5 Å². The van der Waals surface area contributed by atoms with Crippen LogP contribution in [0.15, 0.2) is 48.5 Å². The third-order valence-electron chi connectivity index (χ3n) is 5.50. The van der Waals surface area contributed by atoms with Gasteiger partial charge >= 0.3 is 0 Å². The van der Waals surface area contributed by atoms with Gasteiger partial charge in [-0.3, -0.25) is 10.1 Å². The zero-order chi connectivity index (χ0) is 21.0. The Bertz CT molecular complexity index is 853. The van der Waals surface area contributed by atoms with Gasteiger partial charge in [0.15, 0.2) is 5.11 Å². The molecular formula is C24H31N3OS. The van der Waals surface area contributed by atoms with Crippen LogP contribution in [0.5, 0.6) is 0 Å². The molecule has 1 fully saturated rings. The number of amides is 1. The Kier molecular flexibility index (Phi) is 6.58. The molecule has 1 atom stereocenters. The maximum absolute atomic E-state index is 12.5. The van der Waals surface area contributed by atoms with Crippen LogP contribution in [-0.2, 0) is 5.41 Å². The molecule has 0 saturated carbocycles. The third-order valence-corrected chi connectivity index (χ3v) is 5.70. The number of anilines is 2. The van der Waals surface area contributed by atoms with E-state index in [-0.39, 0.29) is 11.3 Å². The Labute approximate surface area is 179 Å². The van der Waals surface area contributed by atoms with E-state index in [4.69, 9.17) is 12.2 Å². The molecule has 1 heterocycles. The molecule has 1 aliphatic heterocycles. The topological polar surface area (TPSA) is 44.4 Å². The summed E-state index contributed by atoms with van der Waals surface area (Å²) in [7, 11) is 0. The van der Waals surface area contributed by atoms with Crippen molar-refractivity contribution < 1.29 is 4.79 Å². The summed E-state index contributed by atoms with van der Waals surface area (Å²) in [6.45, 7) is 9.84. The Morgan fingerprint density at radius 2 is 1.69 bits per heavy atom. The largest absolute Gasteiger partial charge is 0.369 e. The van der Waals surface area contributed by atoms with E-state index in [1.807, 2.05) is 36.4 Å². The first kappa shape index (κ1) is 21.3. The zero-order valence-corrected chi connectivity index (χ0v) is 18.6. The first-order valence-corrected chi connectivity index (χ1v) is 10.7. The molecule has 154 valence electrons. The van der Waals surface area contributed by atoms with Crippen molar-refractivity contribution in [2.75, 3.05) is 16.8 Å². The second kappa shape index (κ2) is 8.95. The van der Waals surface area contributed by atoms with Crippen LogP contribution in [0.4, 0.5) is 11.4 Å². The average Bonchev–Trinajstić information content (AvgIpc) is 2.68. The fraction of sp³-hybridized carbons (Fsp3) is 0.417. The number of thiocarbonyl (C=S) groups is 1. The Hall–Kier alpha value is -2.40. The van der Waals surface area contributed by atoms with Gasteiger partial charge in [0.05, 0.1) is 0 Å². The fourth-order valence-corrected chi connectivity index (χ4v) is 3.89. The predicted molar refractivity (Wildman–Crippen MR) is 126 cm³/mol. The van der Waals surface area contributed by atoms with E-state index in [9.17, 15) is 4.79 Å². The number of piperidine rings is 1. The van der Waals surface area contributed by atoms with Gasteiger partial charge < -0.3 is 10.2 Å². The zero-order valence-electron chi connectivity index (χ0n) is 17.8. The lowest BCUT2D eigenvalue weighted by molar-refractivity contribution is 0.0977. The van der Waals surface area contributed by atoms with Crippen LogP contribution in [0.25, 0.3) is 0 Å². The molecule has 2 N–H and O–H groups in total. The van der Waals surface area contributed by atoms with Gasteiger partial charge in [-0.05, 0) is 85.8 Å². The molecule has 1 aliphatic rings. The van der Waals surface area contributed by atoms with Gasteiger partial charge in [-0.2, -0.15) is 0 Å². The molecule has 0 aromatic heterocycles. The molecule has 5 heteroatoms. The van der Waals surface area contributed by atoms with Crippen LogP contribution in [0.2, 0.25) is 0 Å². The van der Waals surface area contributed by atoms with Crippen molar-refractivity contribution in [2.24, 2.45) is 0 Å². The second-order valence-electron chi connectivity index (χ2n) is 8.82. The highest BCUT2D eigenvalue weighted by Gasteiger charge is 2.18. The van der Waals surface area contributed by atoms with Crippen molar-refractivity contribution in [3.63, 3.8) is 0 Å². The Balaban J connectivity index is 1.57. The highest BCUT2D eigenvalue weighted by atomic mass is 32.1. The van der Waals surface area contributed by atoms with Crippen molar-refractivity contribution in [1.29, 1.82) is 0 Å². The van der Waals surface area contributed by atoms with Crippen LogP contribution >= 0.6 is 12.2 Å². The molecule has 0 unspecified atom stereocenters. The monoisotopic (exact) mass is 409 g/mol. The quantitative estimate of drug-likeness (QED) is 0.658. The minimum absolute atomic E-state index is 0.0595. The van der Waals surface area contributed by atoms with Gasteiger partial charge in [-0.1, -0.05) is 32.9 Å². The molecule has 1 amide bonds. The van der Waals surface area contributed by atoms with Crippen molar-refractivity contribution in [2.45, 2.75) is 58.4 Å². The van der Waals surface area contributed by atoms with Gasteiger partial charge in [0.1, 0.15) is 0 Å². The summed E-state index contributed by atoms with van der Waals surface area (Å²) >= 11 is 5.32. The van der Waals surface area contributed by atoms with Gasteiger partial charge in [-0.15, -0.1) is 0 Å². The van der Waals surface area contributed by atoms with Gasteiger partial charge in [-0.25, -0.2) is 0 Å². The van der Waals surface area contributed by atoms with Crippen molar-refractivity contribution in [1.82, 2.24) is 5.32 Å².